The third-order valence-corrected chi connectivity index (χ3v) is 5.37. The van der Waals surface area contributed by atoms with Crippen LogP contribution in [0, 0.1) is 5.92 Å². The summed E-state index contributed by atoms with van der Waals surface area (Å²) in [6, 6.07) is 3.12. The molecule has 0 saturated heterocycles. The van der Waals surface area contributed by atoms with E-state index in [1.54, 1.807) is 38.1 Å². The van der Waals surface area contributed by atoms with E-state index in [-0.39, 0.29) is 34.7 Å². The Morgan fingerprint density at radius 3 is 2.65 bits per heavy atom. The summed E-state index contributed by atoms with van der Waals surface area (Å²) in [6.45, 7) is 5.52. The number of carbonyl (C=O) groups is 2. The van der Waals surface area contributed by atoms with Crippen molar-refractivity contribution in [2.45, 2.75) is 63.5 Å². The van der Waals surface area contributed by atoms with Crippen LogP contribution in [0.3, 0.4) is 0 Å². The van der Waals surface area contributed by atoms with Crippen LogP contribution in [0.15, 0.2) is 58.4 Å². The Morgan fingerprint density at radius 1 is 1.32 bits per heavy atom. The number of allylic oxidation sites excluding steroid dienone is 4. The monoisotopic (exact) mass is 449 g/mol. The minimum atomic E-state index is -2.60. The number of hydrogen-bond donors (Lipinski definition) is 2. The highest BCUT2D eigenvalue weighted by atomic mass is 32.2. The number of anilines is 1. The van der Waals surface area contributed by atoms with Crippen LogP contribution >= 0.6 is 11.8 Å². The zero-order valence-corrected chi connectivity index (χ0v) is 18.9. The molecule has 31 heavy (non-hydrogen) atoms. The molecule has 1 heterocycles. The molecule has 1 aromatic rings. The van der Waals surface area contributed by atoms with E-state index in [0.29, 0.717) is 28.7 Å². The minimum absolute atomic E-state index is 0.0260. The molecule has 0 aliphatic heterocycles. The lowest BCUT2D eigenvalue weighted by atomic mass is 10.0. The third kappa shape index (κ3) is 7.94. The zero-order chi connectivity index (χ0) is 22.8. The van der Waals surface area contributed by atoms with E-state index in [9.17, 15) is 18.4 Å². The van der Waals surface area contributed by atoms with Crippen molar-refractivity contribution < 1.29 is 18.4 Å². The van der Waals surface area contributed by atoms with Crippen LogP contribution in [0.4, 0.5) is 14.6 Å². The van der Waals surface area contributed by atoms with Crippen molar-refractivity contribution in [1.29, 1.82) is 0 Å². The second kappa shape index (κ2) is 12.4. The van der Waals surface area contributed by atoms with Crippen molar-refractivity contribution in [1.82, 2.24) is 10.3 Å². The molecule has 1 aromatic heterocycles. The molecule has 1 amide bonds. The van der Waals surface area contributed by atoms with Crippen LogP contribution in [0.5, 0.6) is 0 Å². The summed E-state index contributed by atoms with van der Waals surface area (Å²) in [5, 5.41) is 5.99. The van der Waals surface area contributed by atoms with E-state index < -0.39 is 5.76 Å². The summed E-state index contributed by atoms with van der Waals surface area (Å²) in [6.07, 6.45) is 10.4. The second-order valence-electron chi connectivity index (χ2n) is 7.10. The summed E-state index contributed by atoms with van der Waals surface area (Å²) in [7, 11) is 0. The van der Waals surface area contributed by atoms with Gasteiger partial charge in [0.15, 0.2) is 5.78 Å². The highest BCUT2D eigenvalue weighted by molar-refractivity contribution is 7.99. The maximum absolute atomic E-state index is 13.0. The van der Waals surface area contributed by atoms with Gasteiger partial charge in [-0.15, -0.1) is 0 Å². The molecule has 0 bridgehead atoms. The van der Waals surface area contributed by atoms with E-state index in [0.717, 1.165) is 25.7 Å². The van der Waals surface area contributed by atoms with E-state index >= 15 is 0 Å². The fraction of sp³-hybridized carbons (Fsp3) is 0.435. The number of ketones is 1. The summed E-state index contributed by atoms with van der Waals surface area (Å²) in [4.78, 5) is 29.4. The number of pyridine rings is 1. The molecule has 5 nitrogen and oxygen atoms in total. The van der Waals surface area contributed by atoms with Crippen molar-refractivity contribution in [2.24, 2.45) is 5.92 Å². The molecule has 1 saturated carbocycles. The Balaban J connectivity index is 2.45. The third-order valence-electron chi connectivity index (χ3n) is 4.61. The Morgan fingerprint density at radius 2 is 2.06 bits per heavy atom. The molecule has 0 aromatic carbocycles. The van der Waals surface area contributed by atoms with Gasteiger partial charge in [0.25, 0.3) is 5.76 Å². The number of carbonyl (C=O) groups excluding carboxylic acids is 2. The van der Waals surface area contributed by atoms with Gasteiger partial charge in [-0.05, 0) is 44.4 Å². The molecule has 8 heteroatoms. The second-order valence-corrected chi connectivity index (χ2v) is 8.13. The Bertz CT molecular complexity index is 877. The van der Waals surface area contributed by atoms with E-state index in [2.05, 4.69) is 15.6 Å². The first-order valence-electron chi connectivity index (χ1n) is 10.5. The van der Waals surface area contributed by atoms with E-state index in [1.807, 2.05) is 13.0 Å². The van der Waals surface area contributed by atoms with Crippen molar-refractivity contribution in [3.05, 3.63) is 53.5 Å². The number of amides is 1. The predicted octanol–water partition coefficient (Wildman–Crippen LogP) is 5.83. The summed E-state index contributed by atoms with van der Waals surface area (Å²) in [5.41, 5.74) is 1.38. The molecule has 1 aliphatic carbocycles. The van der Waals surface area contributed by atoms with Crippen LogP contribution < -0.4 is 10.6 Å². The smallest absolute Gasteiger partial charge is 0.289 e. The van der Waals surface area contributed by atoms with Gasteiger partial charge < -0.3 is 10.6 Å². The highest BCUT2D eigenvalue weighted by Gasteiger charge is 2.30. The fourth-order valence-corrected chi connectivity index (χ4v) is 3.40. The zero-order valence-electron chi connectivity index (χ0n) is 18.1. The number of halogens is 2. The quantitative estimate of drug-likeness (QED) is 0.239. The number of rotatable bonds is 12. The number of nitrogens with zero attached hydrogens (tertiary/aromatic N) is 1. The van der Waals surface area contributed by atoms with E-state index in [1.165, 1.54) is 6.20 Å². The topological polar surface area (TPSA) is 71.1 Å². The SMILES string of the molecule is C\C=C(C(=O)CC)/C(=C\C(=C\CCC)NC(=O)C1CC1)Nc1ncccc1SC(F)F. The van der Waals surface area contributed by atoms with Crippen LogP contribution in [0.2, 0.25) is 0 Å². The number of aromatic nitrogens is 1. The Kier molecular flexibility index (Phi) is 9.91. The summed E-state index contributed by atoms with van der Waals surface area (Å²) >= 11 is 0.382. The van der Waals surface area contributed by atoms with Crippen LogP contribution in [-0.2, 0) is 9.59 Å². The van der Waals surface area contributed by atoms with Crippen LogP contribution in [-0.4, -0.2) is 22.4 Å². The van der Waals surface area contributed by atoms with Crippen molar-refractivity contribution in [2.75, 3.05) is 5.32 Å². The average Bonchev–Trinajstić information content (AvgIpc) is 3.58. The van der Waals surface area contributed by atoms with Gasteiger partial charge >= 0.3 is 0 Å². The standard InChI is InChI=1S/C23H29F2N3O2S/c1-4-7-9-16(27-22(30)15-11-12-15)14-18(17(5-2)19(29)6-3)28-21-20(31-23(24)25)10-8-13-26-21/h5,8-10,13-15,23H,4,6-7,11-12H2,1-3H3,(H,26,28)(H,27,30)/b16-9-,17-5+,18-14+. The van der Waals surface area contributed by atoms with Gasteiger partial charge in [-0.2, -0.15) is 8.78 Å². The van der Waals surface area contributed by atoms with Crippen LogP contribution in [0.25, 0.3) is 0 Å². The highest BCUT2D eigenvalue weighted by Crippen LogP contribution is 2.32. The molecule has 0 atom stereocenters. The van der Waals surface area contributed by atoms with Gasteiger partial charge in [-0.25, -0.2) is 4.98 Å². The van der Waals surface area contributed by atoms with Gasteiger partial charge in [0, 0.05) is 29.8 Å². The van der Waals surface area contributed by atoms with Gasteiger partial charge in [0.2, 0.25) is 5.91 Å². The largest absolute Gasteiger partial charge is 0.339 e. The number of hydrogen-bond acceptors (Lipinski definition) is 5. The Hall–Kier alpha value is -2.48. The lowest BCUT2D eigenvalue weighted by molar-refractivity contribution is -0.121. The average molecular weight is 450 g/mol. The number of alkyl halides is 2. The van der Waals surface area contributed by atoms with Gasteiger partial charge in [-0.1, -0.05) is 44.2 Å². The van der Waals surface area contributed by atoms with Crippen molar-refractivity contribution in [3.8, 4) is 0 Å². The molecule has 168 valence electrons. The molecule has 2 rings (SSSR count). The minimum Gasteiger partial charge on any atom is -0.339 e. The normalized spacial score (nSPS) is 15.2. The lowest BCUT2D eigenvalue weighted by Crippen LogP contribution is -2.24. The number of nitrogens with one attached hydrogen (secondary N) is 2. The summed E-state index contributed by atoms with van der Waals surface area (Å²) < 4.78 is 26.0. The molecular formula is C23H29F2N3O2S. The summed E-state index contributed by atoms with van der Waals surface area (Å²) in [5.74, 6) is -2.51. The van der Waals surface area contributed by atoms with Crippen LogP contribution in [0.1, 0.15) is 52.9 Å². The van der Waals surface area contributed by atoms with Gasteiger partial charge in [0.1, 0.15) is 5.82 Å². The van der Waals surface area contributed by atoms with Gasteiger partial charge in [-0.3, -0.25) is 9.59 Å². The molecular weight excluding hydrogens is 420 g/mol. The maximum atomic E-state index is 13.0. The first kappa shape index (κ1) is 24.8. The first-order chi connectivity index (χ1) is 14.9. The van der Waals surface area contributed by atoms with Crippen molar-refractivity contribution >= 4 is 29.3 Å². The number of unbranched alkanes of at least 4 members (excludes halogenated alkanes) is 1. The molecule has 1 fully saturated rings. The first-order valence-corrected chi connectivity index (χ1v) is 11.4. The fourth-order valence-electron chi connectivity index (χ4n) is 2.83. The molecule has 0 unspecified atom stereocenters. The number of Topliss-reactive ketones (excluding diaryl/α,β-unsaturated/α-hetero) is 1. The maximum Gasteiger partial charge on any atom is 0.289 e. The Labute approximate surface area is 186 Å². The molecule has 0 radical (unpaired) electrons. The lowest BCUT2D eigenvalue weighted by Gasteiger charge is -2.17. The number of thioether (sulfide) groups is 1. The predicted molar refractivity (Wildman–Crippen MR) is 121 cm³/mol. The van der Waals surface area contributed by atoms with Crippen molar-refractivity contribution in [3.63, 3.8) is 0 Å². The molecule has 1 aliphatic rings. The molecule has 2 N–H and O–H groups in total. The van der Waals surface area contributed by atoms with Gasteiger partial charge in [0.05, 0.1) is 10.6 Å². The molecule has 0 spiro atoms. The van der Waals surface area contributed by atoms with E-state index in [4.69, 9.17) is 0 Å².